The molecule has 5 nitrogen and oxygen atoms in total. The van der Waals surface area contributed by atoms with Crippen molar-refractivity contribution in [3.8, 4) is 0 Å². The highest BCUT2D eigenvalue weighted by Gasteiger charge is 2.23. The molecule has 0 bridgehead atoms. The van der Waals surface area contributed by atoms with Crippen LogP contribution in [0.4, 0.5) is 10.1 Å². The first-order valence-electron chi connectivity index (χ1n) is 8.35. The maximum absolute atomic E-state index is 13.0. The Hall–Kier alpha value is -2.25. The molecule has 0 aliphatic rings. The van der Waals surface area contributed by atoms with Gasteiger partial charge in [0, 0.05) is 12.7 Å². The lowest BCUT2D eigenvalue weighted by atomic mass is 9.99. The van der Waals surface area contributed by atoms with Crippen LogP contribution in [-0.4, -0.2) is 32.2 Å². The second kappa shape index (κ2) is 8.42. The molecule has 7 heteroatoms. The van der Waals surface area contributed by atoms with Crippen molar-refractivity contribution in [3.63, 3.8) is 0 Å². The molecule has 2 aromatic rings. The molecule has 26 heavy (non-hydrogen) atoms. The van der Waals surface area contributed by atoms with Crippen LogP contribution < -0.4 is 5.32 Å². The summed E-state index contributed by atoms with van der Waals surface area (Å²) in [7, 11) is -2.55. The molecule has 0 saturated heterocycles. The number of rotatable bonds is 7. The summed E-state index contributed by atoms with van der Waals surface area (Å²) in [6, 6.07) is 12.0. The molecular weight excluding hydrogens is 355 g/mol. The van der Waals surface area contributed by atoms with Crippen molar-refractivity contribution in [1.29, 1.82) is 0 Å². The third kappa shape index (κ3) is 4.89. The molecule has 0 heterocycles. The maximum atomic E-state index is 13.0. The molecule has 1 amide bonds. The standard InChI is InChI=1S/C19H23FN2O3S/c1-4-14(2)15-5-9-17(10-6-15)21-19(23)13-22(3)26(24,25)18-11-7-16(20)8-12-18/h5-12,14H,4,13H2,1-3H3,(H,21,23)/t14-/m1/s1. The Morgan fingerprint density at radius 3 is 2.23 bits per heavy atom. The first-order valence-corrected chi connectivity index (χ1v) is 9.79. The number of carbonyl (C=O) groups is 1. The Labute approximate surface area is 153 Å². The Morgan fingerprint density at radius 1 is 1.12 bits per heavy atom. The van der Waals surface area contributed by atoms with E-state index in [1.54, 1.807) is 12.1 Å². The fourth-order valence-electron chi connectivity index (χ4n) is 2.40. The summed E-state index contributed by atoms with van der Waals surface area (Å²) < 4.78 is 38.7. The number of nitrogens with zero attached hydrogens (tertiary/aromatic N) is 1. The van der Waals surface area contributed by atoms with Gasteiger partial charge in [-0.15, -0.1) is 0 Å². The van der Waals surface area contributed by atoms with Crippen LogP contribution in [0.5, 0.6) is 0 Å². The molecule has 140 valence electrons. The van der Waals surface area contributed by atoms with Crippen LogP contribution in [0.3, 0.4) is 0 Å². The normalized spacial score (nSPS) is 12.8. The fraction of sp³-hybridized carbons (Fsp3) is 0.316. The summed E-state index contributed by atoms with van der Waals surface area (Å²) >= 11 is 0. The summed E-state index contributed by atoms with van der Waals surface area (Å²) in [6.07, 6.45) is 1.03. The van der Waals surface area contributed by atoms with Crippen molar-refractivity contribution in [2.24, 2.45) is 0 Å². The fourth-order valence-corrected chi connectivity index (χ4v) is 3.53. The number of amides is 1. The second-order valence-corrected chi connectivity index (χ2v) is 8.24. The molecule has 0 saturated carbocycles. The first-order chi connectivity index (χ1) is 12.2. The van der Waals surface area contributed by atoms with Crippen molar-refractivity contribution in [2.45, 2.75) is 31.1 Å². The van der Waals surface area contributed by atoms with Gasteiger partial charge in [-0.1, -0.05) is 26.0 Å². The number of anilines is 1. The SMILES string of the molecule is CC[C@@H](C)c1ccc(NC(=O)CN(C)S(=O)(=O)c2ccc(F)cc2)cc1. The summed E-state index contributed by atoms with van der Waals surface area (Å²) in [5, 5.41) is 2.68. The van der Waals surface area contributed by atoms with Gasteiger partial charge in [0.1, 0.15) is 5.82 Å². The highest BCUT2D eigenvalue weighted by atomic mass is 32.2. The van der Waals surface area contributed by atoms with E-state index in [2.05, 4.69) is 19.2 Å². The van der Waals surface area contributed by atoms with E-state index in [4.69, 9.17) is 0 Å². The van der Waals surface area contributed by atoms with E-state index < -0.39 is 21.7 Å². The quantitative estimate of drug-likeness (QED) is 0.801. The van der Waals surface area contributed by atoms with E-state index in [1.165, 1.54) is 24.7 Å². The van der Waals surface area contributed by atoms with Crippen molar-refractivity contribution in [2.75, 3.05) is 18.9 Å². The first kappa shape index (κ1) is 20.1. The van der Waals surface area contributed by atoms with E-state index >= 15 is 0 Å². The molecule has 0 fully saturated rings. The van der Waals surface area contributed by atoms with E-state index in [-0.39, 0.29) is 11.4 Å². The van der Waals surface area contributed by atoms with Crippen molar-refractivity contribution >= 4 is 21.6 Å². The minimum Gasteiger partial charge on any atom is -0.325 e. The van der Waals surface area contributed by atoms with Gasteiger partial charge in [-0.3, -0.25) is 4.79 Å². The van der Waals surface area contributed by atoms with Crippen LogP contribution in [0.15, 0.2) is 53.4 Å². The highest BCUT2D eigenvalue weighted by Crippen LogP contribution is 2.20. The number of sulfonamides is 1. The predicted octanol–water partition coefficient (Wildman–Crippen LogP) is 3.60. The van der Waals surface area contributed by atoms with E-state index in [9.17, 15) is 17.6 Å². The Kier molecular flexibility index (Phi) is 6.50. The molecule has 0 radical (unpaired) electrons. The van der Waals surface area contributed by atoms with Crippen molar-refractivity contribution in [3.05, 3.63) is 59.9 Å². The van der Waals surface area contributed by atoms with Crippen LogP contribution in [0.25, 0.3) is 0 Å². The minimum atomic E-state index is -3.86. The molecule has 1 atom stereocenters. The maximum Gasteiger partial charge on any atom is 0.243 e. The van der Waals surface area contributed by atoms with Crippen LogP contribution >= 0.6 is 0 Å². The van der Waals surface area contributed by atoms with Crippen molar-refractivity contribution < 1.29 is 17.6 Å². The van der Waals surface area contributed by atoms with Gasteiger partial charge in [0.25, 0.3) is 0 Å². The number of carbonyl (C=O) groups excluding carboxylic acids is 1. The zero-order valence-corrected chi connectivity index (χ0v) is 15.9. The van der Waals surface area contributed by atoms with E-state index in [1.807, 2.05) is 12.1 Å². The van der Waals surface area contributed by atoms with Crippen LogP contribution in [0.2, 0.25) is 0 Å². The lowest BCUT2D eigenvalue weighted by Crippen LogP contribution is -2.34. The molecule has 0 aromatic heterocycles. The van der Waals surface area contributed by atoms with E-state index in [0.717, 1.165) is 22.9 Å². The van der Waals surface area contributed by atoms with Gasteiger partial charge in [0.05, 0.1) is 11.4 Å². The van der Waals surface area contributed by atoms with E-state index in [0.29, 0.717) is 11.6 Å². The summed E-state index contributed by atoms with van der Waals surface area (Å²) in [5.74, 6) is -0.536. The van der Waals surface area contributed by atoms with Gasteiger partial charge in [0.2, 0.25) is 15.9 Å². The number of hydrogen-bond acceptors (Lipinski definition) is 3. The molecule has 2 rings (SSSR count). The van der Waals surface area contributed by atoms with Crippen LogP contribution in [0.1, 0.15) is 31.7 Å². The summed E-state index contributed by atoms with van der Waals surface area (Å²) in [6.45, 7) is 3.90. The Balaban J connectivity index is 2.01. The number of nitrogens with one attached hydrogen (secondary N) is 1. The average molecular weight is 378 g/mol. The second-order valence-electron chi connectivity index (χ2n) is 6.19. The molecule has 2 aromatic carbocycles. The van der Waals surface area contributed by atoms with Gasteiger partial charge in [0.15, 0.2) is 0 Å². The van der Waals surface area contributed by atoms with Gasteiger partial charge in [-0.2, -0.15) is 4.31 Å². The molecule has 1 N–H and O–H groups in total. The zero-order chi connectivity index (χ0) is 19.3. The number of likely N-dealkylation sites (N-methyl/N-ethyl adjacent to an activating group) is 1. The highest BCUT2D eigenvalue weighted by molar-refractivity contribution is 7.89. The average Bonchev–Trinajstić information content (AvgIpc) is 2.61. The number of hydrogen-bond donors (Lipinski definition) is 1. The molecule has 0 aliphatic carbocycles. The third-order valence-electron chi connectivity index (χ3n) is 4.26. The number of halogens is 1. The summed E-state index contributed by atoms with van der Waals surface area (Å²) in [4.78, 5) is 12.1. The smallest absolute Gasteiger partial charge is 0.243 e. The molecular formula is C19H23FN2O3S. The van der Waals surface area contributed by atoms with Crippen molar-refractivity contribution in [1.82, 2.24) is 4.31 Å². The van der Waals surface area contributed by atoms with Crippen LogP contribution in [0, 0.1) is 5.82 Å². The third-order valence-corrected chi connectivity index (χ3v) is 6.08. The Bertz CT molecular complexity index is 849. The zero-order valence-electron chi connectivity index (χ0n) is 15.1. The van der Waals surface area contributed by atoms with Gasteiger partial charge in [-0.25, -0.2) is 12.8 Å². The monoisotopic (exact) mass is 378 g/mol. The topological polar surface area (TPSA) is 66.5 Å². The predicted molar refractivity (Wildman–Crippen MR) is 100.0 cm³/mol. The van der Waals surface area contributed by atoms with Gasteiger partial charge >= 0.3 is 0 Å². The van der Waals surface area contributed by atoms with Gasteiger partial charge < -0.3 is 5.32 Å². The number of benzene rings is 2. The largest absolute Gasteiger partial charge is 0.325 e. The van der Waals surface area contributed by atoms with Gasteiger partial charge in [-0.05, 0) is 54.3 Å². The Morgan fingerprint density at radius 2 is 1.69 bits per heavy atom. The lowest BCUT2D eigenvalue weighted by Gasteiger charge is -2.17. The minimum absolute atomic E-state index is 0.0629. The molecule has 0 spiro atoms. The lowest BCUT2D eigenvalue weighted by molar-refractivity contribution is -0.116. The molecule has 0 aliphatic heterocycles. The van der Waals surface area contributed by atoms with Crippen LogP contribution in [-0.2, 0) is 14.8 Å². The summed E-state index contributed by atoms with van der Waals surface area (Å²) in [5.41, 5.74) is 1.79. The molecule has 0 unspecified atom stereocenters.